The molecule has 0 aliphatic rings. The Hall–Kier alpha value is -2.73. The zero-order valence-electron chi connectivity index (χ0n) is 14.5. The summed E-state index contributed by atoms with van der Waals surface area (Å²) in [6, 6.07) is 11.0. The summed E-state index contributed by atoms with van der Waals surface area (Å²) in [6.45, 7) is 3.52. The standard InChI is InChI=1S/C19H23N3O3/c1-14-5-3-6-15(11-14)13-22-19(24)17-12-16(7-9-20-17)18(23)21-8-4-10-25-2/h3,5-7,9,11-12H,4,8,10,13H2,1-2H3,(H,21,23)(H,22,24). The van der Waals surface area contributed by atoms with Gasteiger partial charge in [0.25, 0.3) is 11.8 Å². The summed E-state index contributed by atoms with van der Waals surface area (Å²) in [4.78, 5) is 28.4. The quantitative estimate of drug-likeness (QED) is 0.721. The fraction of sp³-hybridized carbons (Fsp3) is 0.316. The van der Waals surface area contributed by atoms with E-state index in [1.54, 1.807) is 13.2 Å². The monoisotopic (exact) mass is 341 g/mol. The second-order valence-electron chi connectivity index (χ2n) is 5.70. The van der Waals surface area contributed by atoms with Crippen molar-refractivity contribution >= 4 is 11.8 Å². The number of hydrogen-bond donors (Lipinski definition) is 2. The van der Waals surface area contributed by atoms with Crippen molar-refractivity contribution in [3.63, 3.8) is 0 Å². The molecule has 0 aliphatic heterocycles. The number of nitrogens with one attached hydrogen (secondary N) is 2. The number of amides is 2. The van der Waals surface area contributed by atoms with E-state index in [9.17, 15) is 9.59 Å². The van der Waals surface area contributed by atoms with Crippen LogP contribution in [0.4, 0.5) is 0 Å². The van der Waals surface area contributed by atoms with Crippen LogP contribution in [-0.2, 0) is 11.3 Å². The molecule has 0 atom stereocenters. The molecule has 0 bridgehead atoms. The summed E-state index contributed by atoms with van der Waals surface area (Å²) >= 11 is 0. The third-order valence-electron chi connectivity index (χ3n) is 3.60. The van der Waals surface area contributed by atoms with Crippen LogP contribution in [-0.4, -0.2) is 37.1 Å². The Morgan fingerprint density at radius 2 is 1.96 bits per heavy atom. The topological polar surface area (TPSA) is 80.3 Å². The zero-order valence-corrected chi connectivity index (χ0v) is 14.5. The van der Waals surface area contributed by atoms with Gasteiger partial charge in [-0.15, -0.1) is 0 Å². The van der Waals surface area contributed by atoms with Crippen molar-refractivity contribution in [2.24, 2.45) is 0 Å². The first kappa shape index (κ1) is 18.6. The first-order valence-corrected chi connectivity index (χ1v) is 8.17. The number of benzene rings is 1. The van der Waals surface area contributed by atoms with Gasteiger partial charge in [-0.25, -0.2) is 0 Å². The first-order valence-electron chi connectivity index (χ1n) is 8.17. The van der Waals surface area contributed by atoms with Gasteiger partial charge in [0.2, 0.25) is 0 Å². The molecular formula is C19H23N3O3. The molecule has 0 fully saturated rings. The molecule has 2 amide bonds. The molecule has 0 unspecified atom stereocenters. The Balaban J connectivity index is 1.93. The van der Waals surface area contributed by atoms with Gasteiger partial charge < -0.3 is 15.4 Å². The molecular weight excluding hydrogens is 318 g/mol. The average Bonchev–Trinajstić information content (AvgIpc) is 2.63. The third-order valence-corrected chi connectivity index (χ3v) is 3.60. The molecule has 0 saturated heterocycles. The van der Waals surface area contributed by atoms with Gasteiger partial charge in [0.1, 0.15) is 5.69 Å². The molecule has 1 aromatic heterocycles. The maximum Gasteiger partial charge on any atom is 0.270 e. The van der Waals surface area contributed by atoms with Gasteiger partial charge in [0.15, 0.2) is 0 Å². The van der Waals surface area contributed by atoms with Crippen LogP contribution in [0.1, 0.15) is 38.4 Å². The molecule has 2 rings (SSSR count). The number of aryl methyl sites for hydroxylation is 1. The highest BCUT2D eigenvalue weighted by Crippen LogP contribution is 2.05. The van der Waals surface area contributed by atoms with E-state index in [1.807, 2.05) is 31.2 Å². The van der Waals surface area contributed by atoms with Crippen molar-refractivity contribution in [1.82, 2.24) is 15.6 Å². The summed E-state index contributed by atoms with van der Waals surface area (Å²) < 4.78 is 4.94. The van der Waals surface area contributed by atoms with Gasteiger partial charge in [-0.1, -0.05) is 29.8 Å². The van der Waals surface area contributed by atoms with Gasteiger partial charge in [-0.05, 0) is 31.0 Å². The van der Waals surface area contributed by atoms with Crippen molar-refractivity contribution in [1.29, 1.82) is 0 Å². The smallest absolute Gasteiger partial charge is 0.270 e. The van der Waals surface area contributed by atoms with E-state index in [0.29, 0.717) is 25.3 Å². The number of aromatic nitrogens is 1. The van der Waals surface area contributed by atoms with Gasteiger partial charge in [-0.3, -0.25) is 14.6 Å². The van der Waals surface area contributed by atoms with Crippen molar-refractivity contribution in [2.45, 2.75) is 19.9 Å². The van der Waals surface area contributed by atoms with Crippen LogP contribution >= 0.6 is 0 Å². The Kier molecular flexibility index (Phi) is 7.10. The molecule has 25 heavy (non-hydrogen) atoms. The van der Waals surface area contributed by atoms with E-state index in [0.717, 1.165) is 17.5 Å². The highest BCUT2D eigenvalue weighted by atomic mass is 16.5. The van der Waals surface area contributed by atoms with E-state index in [1.165, 1.54) is 12.3 Å². The van der Waals surface area contributed by atoms with Crippen molar-refractivity contribution in [2.75, 3.05) is 20.3 Å². The minimum atomic E-state index is -0.310. The summed E-state index contributed by atoms with van der Waals surface area (Å²) in [6.07, 6.45) is 2.20. The highest BCUT2D eigenvalue weighted by Gasteiger charge is 2.11. The highest BCUT2D eigenvalue weighted by molar-refractivity contribution is 5.98. The Morgan fingerprint density at radius 3 is 2.72 bits per heavy atom. The zero-order chi connectivity index (χ0) is 18.1. The number of rotatable bonds is 8. The second kappa shape index (κ2) is 9.54. The predicted molar refractivity (Wildman–Crippen MR) is 95.4 cm³/mol. The molecule has 0 aliphatic carbocycles. The maximum atomic E-state index is 12.3. The van der Waals surface area contributed by atoms with Crippen LogP contribution in [0, 0.1) is 6.92 Å². The third kappa shape index (κ3) is 6.00. The van der Waals surface area contributed by atoms with Crippen molar-refractivity contribution in [3.05, 3.63) is 65.0 Å². The molecule has 2 aromatic rings. The van der Waals surface area contributed by atoms with Gasteiger partial charge in [0, 0.05) is 38.6 Å². The summed E-state index contributed by atoms with van der Waals surface area (Å²) in [7, 11) is 1.62. The van der Waals surface area contributed by atoms with Crippen LogP contribution in [0.15, 0.2) is 42.6 Å². The molecule has 0 spiro atoms. The maximum absolute atomic E-state index is 12.3. The van der Waals surface area contributed by atoms with E-state index >= 15 is 0 Å². The van der Waals surface area contributed by atoms with Gasteiger partial charge in [0.05, 0.1) is 0 Å². The van der Waals surface area contributed by atoms with Crippen LogP contribution in [0.2, 0.25) is 0 Å². The number of ether oxygens (including phenoxy) is 1. The number of carbonyl (C=O) groups excluding carboxylic acids is 2. The Labute approximate surface area is 147 Å². The number of methoxy groups -OCH3 is 1. The minimum Gasteiger partial charge on any atom is -0.385 e. The molecule has 132 valence electrons. The number of pyridine rings is 1. The molecule has 6 nitrogen and oxygen atoms in total. The molecule has 0 saturated carbocycles. The first-order chi connectivity index (χ1) is 12.1. The normalized spacial score (nSPS) is 10.3. The Bertz CT molecular complexity index is 731. The lowest BCUT2D eigenvalue weighted by Crippen LogP contribution is -2.27. The lowest BCUT2D eigenvalue weighted by Gasteiger charge is -2.08. The lowest BCUT2D eigenvalue weighted by molar-refractivity contribution is 0.0946. The summed E-state index contributed by atoms with van der Waals surface area (Å²) in [5, 5.41) is 5.60. The van der Waals surface area contributed by atoms with E-state index in [2.05, 4.69) is 15.6 Å². The fourth-order valence-electron chi connectivity index (χ4n) is 2.31. The minimum absolute atomic E-state index is 0.220. The SMILES string of the molecule is COCCCNC(=O)c1ccnc(C(=O)NCc2cccc(C)c2)c1. The number of nitrogens with zero attached hydrogens (tertiary/aromatic N) is 1. The van der Waals surface area contributed by atoms with E-state index in [-0.39, 0.29) is 17.5 Å². The number of carbonyl (C=O) groups is 2. The average molecular weight is 341 g/mol. The summed E-state index contributed by atoms with van der Waals surface area (Å²) in [5.74, 6) is -0.540. The Morgan fingerprint density at radius 1 is 1.12 bits per heavy atom. The van der Waals surface area contributed by atoms with Gasteiger partial charge in [-0.2, -0.15) is 0 Å². The number of hydrogen-bond acceptors (Lipinski definition) is 4. The van der Waals surface area contributed by atoms with Crippen LogP contribution < -0.4 is 10.6 Å². The molecule has 1 heterocycles. The van der Waals surface area contributed by atoms with Crippen molar-refractivity contribution in [3.8, 4) is 0 Å². The second-order valence-corrected chi connectivity index (χ2v) is 5.70. The molecule has 1 aromatic carbocycles. The molecule has 2 N–H and O–H groups in total. The predicted octanol–water partition coefficient (Wildman–Crippen LogP) is 2.09. The van der Waals surface area contributed by atoms with Crippen LogP contribution in [0.5, 0.6) is 0 Å². The molecule has 6 heteroatoms. The largest absolute Gasteiger partial charge is 0.385 e. The lowest BCUT2D eigenvalue weighted by atomic mass is 10.1. The van der Waals surface area contributed by atoms with E-state index in [4.69, 9.17) is 4.74 Å². The van der Waals surface area contributed by atoms with Crippen LogP contribution in [0.3, 0.4) is 0 Å². The molecule has 0 radical (unpaired) electrons. The summed E-state index contributed by atoms with van der Waals surface area (Å²) in [5.41, 5.74) is 2.78. The van der Waals surface area contributed by atoms with Gasteiger partial charge >= 0.3 is 0 Å². The van der Waals surface area contributed by atoms with Crippen LogP contribution in [0.25, 0.3) is 0 Å². The fourth-order valence-corrected chi connectivity index (χ4v) is 2.31. The van der Waals surface area contributed by atoms with Crippen molar-refractivity contribution < 1.29 is 14.3 Å². The van der Waals surface area contributed by atoms with E-state index < -0.39 is 0 Å².